The van der Waals surface area contributed by atoms with Gasteiger partial charge in [-0.15, -0.1) is 11.8 Å². The third kappa shape index (κ3) is 19.5. The second-order valence-corrected chi connectivity index (χ2v) is 22.2. The lowest BCUT2D eigenvalue weighted by molar-refractivity contribution is -0.189. The monoisotopic (exact) mass is 1210 g/mol. The Kier molecular flexibility index (Phi) is 27.5. The first kappa shape index (κ1) is 68.3. The van der Waals surface area contributed by atoms with Crippen LogP contribution in [-0.4, -0.2) is 200 Å². The van der Waals surface area contributed by atoms with Gasteiger partial charge in [-0.1, -0.05) is 25.1 Å². The predicted octanol–water partition coefficient (Wildman–Crippen LogP) is -0.372. The maximum Gasteiger partial charge on any atom is 0.355 e. The highest BCUT2D eigenvalue weighted by Gasteiger charge is 2.50. The number of pyridine rings is 2. The van der Waals surface area contributed by atoms with Crippen molar-refractivity contribution in [2.45, 2.75) is 121 Å². The number of hydrogen-bond donors (Lipinski definition) is 9. The smallest absolute Gasteiger partial charge is 0.355 e. The molecule has 460 valence electrons. The number of aliphatic hydroxyl groups is 4. The first-order chi connectivity index (χ1) is 40.1. The van der Waals surface area contributed by atoms with Gasteiger partial charge >= 0.3 is 17.9 Å². The quantitative estimate of drug-likeness (QED) is 0.0203. The maximum atomic E-state index is 14.0. The molecule has 28 heteroatoms. The van der Waals surface area contributed by atoms with E-state index in [-0.39, 0.29) is 142 Å². The normalized spacial score (nSPS) is 16.3. The summed E-state index contributed by atoms with van der Waals surface area (Å²) in [6, 6.07) is 10.2. The first-order valence-corrected chi connectivity index (χ1v) is 29.8. The molecule has 3 aromatic rings. The summed E-state index contributed by atoms with van der Waals surface area (Å²) in [5.74, 6) is -8.25. The van der Waals surface area contributed by atoms with Crippen LogP contribution < -0.4 is 26.8 Å². The topological polar surface area (TPSA) is 392 Å². The van der Waals surface area contributed by atoms with Gasteiger partial charge in [0.25, 0.3) is 11.5 Å². The third-order valence-corrected chi connectivity index (χ3v) is 16.0. The molecule has 0 aliphatic carbocycles. The van der Waals surface area contributed by atoms with E-state index in [1.54, 1.807) is 13.0 Å². The van der Waals surface area contributed by atoms with Gasteiger partial charge in [-0.25, -0.2) is 9.78 Å². The molecule has 0 saturated heterocycles. The molecule has 4 heterocycles. The minimum Gasteiger partial charge on any atom is -0.480 e. The highest BCUT2D eigenvalue weighted by Crippen LogP contribution is 2.41. The van der Waals surface area contributed by atoms with Crippen LogP contribution in [0.2, 0.25) is 0 Å². The van der Waals surface area contributed by atoms with Crippen LogP contribution >= 0.6 is 23.5 Å². The standard InChI is InChI=1S/C56H74N6O20S2/c1-4-56(39-24-42-46-34(22-33-10-5-6-12-40(33)61-46)26-62(42)53(75)38(39)27-81-55(56)78)82-45(68)25-60-51(73)35(23-36(64)15-21-80-19-9-18-79-20-14-32(2)63)28-83-29-37(65)11-7-17-59-52(74)50(72)49(71)48(70)47(69)43(66)13-8-16-58-44(67)31-84-30-41(57-3)54(76)77/h5-6,10,12,22,24,35,41,47-50,57,69-72H,4,7-9,11,13-21,23,25-31H2,1-3H3,(H,58,67)(H,59,74)(H,60,73)(H,76,77)/t35?,41?,47-,48+,49+,50-,56-/m0/s1. The van der Waals surface area contributed by atoms with Crippen LogP contribution in [0.3, 0.4) is 0 Å². The van der Waals surface area contributed by atoms with Gasteiger partial charge in [0.1, 0.15) is 54.9 Å². The van der Waals surface area contributed by atoms with Crippen molar-refractivity contribution in [2.24, 2.45) is 5.92 Å². The van der Waals surface area contributed by atoms with Crippen molar-refractivity contribution in [3.63, 3.8) is 0 Å². The average Bonchev–Trinajstić information content (AvgIpc) is 1.58. The summed E-state index contributed by atoms with van der Waals surface area (Å²) in [5.41, 5.74) is 0.174. The number of esters is 2. The summed E-state index contributed by atoms with van der Waals surface area (Å²) in [7, 11) is 1.47. The number of cyclic esters (lactones) is 1. The molecule has 0 radical (unpaired) electrons. The molecular weight excluding hydrogens is 1140 g/mol. The zero-order chi connectivity index (χ0) is 61.5. The predicted molar refractivity (Wildman–Crippen MR) is 304 cm³/mol. The number of aliphatic hydroxyl groups excluding tert-OH is 4. The molecule has 2 aliphatic rings. The Balaban J connectivity index is 1.10. The Morgan fingerprint density at radius 1 is 0.786 bits per heavy atom. The molecule has 2 aromatic heterocycles. The van der Waals surface area contributed by atoms with E-state index in [1.807, 2.05) is 30.3 Å². The Bertz CT molecular complexity index is 2920. The summed E-state index contributed by atoms with van der Waals surface area (Å²) in [6.45, 7) is 2.87. The van der Waals surface area contributed by atoms with E-state index in [9.17, 15) is 73.2 Å². The molecule has 5 rings (SSSR count). The number of thioether (sulfide) groups is 2. The molecular formula is C56H74N6O20S2. The Hall–Kier alpha value is -6.50. The largest absolute Gasteiger partial charge is 0.480 e. The fourth-order valence-electron chi connectivity index (χ4n) is 9.03. The number of ketones is 4. The Morgan fingerprint density at radius 3 is 2.17 bits per heavy atom. The van der Waals surface area contributed by atoms with Crippen molar-refractivity contribution in [2.75, 3.05) is 76.1 Å². The lowest BCUT2D eigenvalue weighted by Gasteiger charge is -2.35. The number of fused-ring (bicyclic) bond motifs is 5. The van der Waals surface area contributed by atoms with Crippen LogP contribution in [0.1, 0.15) is 88.3 Å². The number of rotatable bonds is 40. The van der Waals surface area contributed by atoms with Crippen molar-refractivity contribution in [1.82, 2.24) is 30.8 Å². The second kappa shape index (κ2) is 33.9. The molecule has 84 heavy (non-hydrogen) atoms. The number of aromatic nitrogens is 2. The summed E-state index contributed by atoms with van der Waals surface area (Å²) >= 11 is 2.10. The number of Topliss-reactive ketones (excluding diaryl/α,β-unsaturated/α-hetero) is 4. The molecule has 3 amide bonds. The van der Waals surface area contributed by atoms with Gasteiger partial charge in [-0.2, -0.15) is 11.8 Å². The number of para-hydroxylation sites is 1. The van der Waals surface area contributed by atoms with Gasteiger partial charge in [-0.3, -0.25) is 47.9 Å². The van der Waals surface area contributed by atoms with Crippen LogP contribution in [-0.2, 0) is 85.6 Å². The third-order valence-electron chi connectivity index (χ3n) is 13.8. The average molecular weight is 1220 g/mol. The fraction of sp³-hybridized carbons (Fsp3) is 0.571. The van der Waals surface area contributed by atoms with E-state index in [2.05, 4.69) is 21.3 Å². The van der Waals surface area contributed by atoms with Gasteiger partial charge in [0.2, 0.25) is 17.4 Å². The van der Waals surface area contributed by atoms with Crippen molar-refractivity contribution in [1.29, 1.82) is 0 Å². The SMILES string of the molecule is CC[C@@]1(OC(=O)CNC(=O)C(CSCC(=O)CCCNC(=O)[C@@H](O)[C@H](O)[C@H](O)[C@@H](O)C(=O)CCCNC(=O)CSCC(NC)C(=O)O)CC(=O)CCOCCCOCCC(C)=O)C(=O)OCc2c1cc1n(c2=O)Cc2cc3ccccc3nc2-1. The van der Waals surface area contributed by atoms with Gasteiger partial charge in [0, 0.05) is 86.4 Å². The van der Waals surface area contributed by atoms with E-state index < -0.39 is 95.5 Å². The number of aliphatic carboxylic acids is 1. The number of carboxylic acids is 1. The van der Waals surface area contributed by atoms with Crippen LogP contribution in [0.4, 0.5) is 0 Å². The molecule has 2 unspecified atom stereocenters. The van der Waals surface area contributed by atoms with Gasteiger partial charge in [-0.05, 0) is 57.9 Å². The number of hydrogen-bond acceptors (Lipinski definition) is 23. The number of likely N-dealkylation sites (N-methyl/N-ethyl adjacent to an activating group) is 1. The molecule has 9 N–H and O–H groups in total. The molecule has 1 aromatic carbocycles. The van der Waals surface area contributed by atoms with E-state index in [4.69, 9.17) is 29.0 Å². The number of nitrogens with zero attached hydrogens (tertiary/aromatic N) is 2. The minimum atomic E-state index is -2.30. The van der Waals surface area contributed by atoms with Crippen molar-refractivity contribution in [3.05, 3.63) is 63.4 Å². The number of carbonyl (C=O) groups excluding carboxylic acids is 9. The number of ether oxygens (including phenoxy) is 4. The highest BCUT2D eigenvalue weighted by atomic mass is 32.2. The molecule has 7 atom stereocenters. The Morgan fingerprint density at radius 2 is 1.46 bits per heavy atom. The van der Waals surface area contributed by atoms with E-state index in [0.717, 1.165) is 34.5 Å². The molecule has 2 aliphatic heterocycles. The van der Waals surface area contributed by atoms with Crippen molar-refractivity contribution < 1.29 is 92.4 Å². The molecule has 26 nitrogen and oxygen atoms in total. The summed E-state index contributed by atoms with van der Waals surface area (Å²) < 4.78 is 23.8. The highest BCUT2D eigenvalue weighted by molar-refractivity contribution is 8.00. The number of amides is 3. The van der Waals surface area contributed by atoms with Crippen LogP contribution in [0, 0.1) is 5.92 Å². The fourth-order valence-corrected chi connectivity index (χ4v) is 11.0. The molecule has 0 fully saturated rings. The van der Waals surface area contributed by atoms with Gasteiger partial charge < -0.3 is 70.3 Å². The minimum absolute atomic E-state index is 0.00169. The lowest BCUT2D eigenvalue weighted by Crippen LogP contribution is -2.52. The summed E-state index contributed by atoms with van der Waals surface area (Å²) in [5, 5.41) is 61.3. The zero-order valence-electron chi connectivity index (χ0n) is 47.1. The van der Waals surface area contributed by atoms with Crippen LogP contribution in [0.15, 0.2) is 41.2 Å². The van der Waals surface area contributed by atoms with Crippen LogP contribution in [0.25, 0.3) is 22.3 Å². The summed E-state index contributed by atoms with van der Waals surface area (Å²) in [4.78, 5) is 145. The van der Waals surface area contributed by atoms with Crippen LogP contribution in [0.5, 0.6) is 0 Å². The number of benzene rings is 1. The van der Waals surface area contributed by atoms with Crippen molar-refractivity contribution >= 4 is 93.2 Å². The summed E-state index contributed by atoms with van der Waals surface area (Å²) in [6.07, 6.45) is -9.19. The molecule has 0 spiro atoms. The van der Waals surface area contributed by atoms with Crippen molar-refractivity contribution in [3.8, 4) is 11.4 Å². The second-order valence-electron chi connectivity index (χ2n) is 20.1. The lowest BCUT2D eigenvalue weighted by atomic mass is 9.85. The number of carbonyl (C=O) groups is 10. The Labute approximate surface area is 492 Å². The first-order valence-electron chi connectivity index (χ1n) is 27.5. The number of carboxylic acid groups (broad SMARTS) is 1. The van der Waals surface area contributed by atoms with E-state index >= 15 is 0 Å². The van der Waals surface area contributed by atoms with Gasteiger partial charge in [0.05, 0.1) is 59.7 Å². The zero-order valence-corrected chi connectivity index (χ0v) is 48.7. The number of nitrogens with one attached hydrogen (secondary N) is 4. The maximum absolute atomic E-state index is 14.0. The van der Waals surface area contributed by atoms with E-state index in [1.165, 1.54) is 18.5 Å². The molecule has 0 saturated carbocycles. The van der Waals surface area contributed by atoms with E-state index in [0.29, 0.717) is 36.4 Å². The van der Waals surface area contributed by atoms with Gasteiger partial charge in [0.15, 0.2) is 11.9 Å². The molecule has 0 bridgehead atoms.